The van der Waals surface area contributed by atoms with E-state index in [1.807, 2.05) is 11.3 Å². The van der Waals surface area contributed by atoms with E-state index in [2.05, 4.69) is 59.9 Å². The van der Waals surface area contributed by atoms with E-state index >= 15 is 0 Å². The van der Waals surface area contributed by atoms with E-state index in [-0.39, 0.29) is 0 Å². The number of alkyl halides is 1. The second-order valence-electron chi connectivity index (χ2n) is 6.07. The fourth-order valence-corrected chi connectivity index (χ4v) is 5.01. The summed E-state index contributed by atoms with van der Waals surface area (Å²) < 4.78 is 0. The molecular formula is C20H15ClN2S. The molecule has 118 valence electrons. The molecule has 2 heterocycles. The molecule has 0 spiro atoms. The second-order valence-corrected chi connectivity index (χ2v) is 7.59. The van der Waals surface area contributed by atoms with E-state index in [1.165, 1.54) is 26.1 Å². The first kappa shape index (κ1) is 14.3. The van der Waals surface area contributed by atoms with Gasteiger partial charge in [-0.15, -0.1) is 11.3 Å². The van der Waals surface area contributed by atoms with Crippen molar-refractivity contribution in [2.24, 2.45) is 4.99 Å². The molecule has 0 saturated carbocycles. The molecule has 5 rings (SSSR count). The minimum absolute atomic E-state index is 0.430. The fourth-order valence-electron chi connectivity index (χ4n) is 3.53. The number of nitrogens with one attached hydrogen (secondary N) is 1. The van der Waals surface area contributed by atoms with E-state index in [1.54, 1.807) is 0 Å². The molecule has 2 nitrogen and oxygen atoms in total. The Morgan fingerprint density at radius 2 is 2.00 bits per heavy atom. The monoisotopic (exact) mass is 350 g/mol. The summed E-state index contributed by atoms with van der Waals surface area (Å²) in [7, 11) is 0. The quantitative estimate of drug-likeness (QED) is 0.445. The lowest BCUT2D eigenvalue weighted by molar-refractivity contribution is 1.00. The maximum atomic E-state index is 6.42. The molecule has 1 aliphatic heterocycles. The molecule has 0 fully saturated rings. The minimum atomic E-state index is -0.430. The van der Waals surface area contributed by atoms with E-state index < -0.39 is 5.62 Å². The van der Waals surface area contributed by atoms with Gasteiger partial charge in [-0.2, -0.15) is 0 Å². The van der Waals surface area contributed by atoms with Crippen molar-refractivity contribution < 1.29 is 0 Å². The molecule has 2 aromatic carbocycles. The summed E-state index contributed by atoms with van der Waals surface area (Å²) in [5.41, 5.74) is 4.17. The maximum absolute atomic E-state index is 6.42. The lowest BCUT2D eigenvalue weighted by Crippen LogP contribution is -2.21. The van der Waals surface area contributed by atoms with Crippen LogP contribution in [0.15, 0.2) is 53.5 Å². The first-order valence-corrected chi connectivity index (χ1v) is 9.36. The van der Waals surface area contributed by atoms with Gasteiger partial charge in [0.05, 0.1) is 16.3 Å². The lowest BCUT2D eigenvalue weighted by Gasteiger charge is -2.21. The van der Waals surface area contributed by atoms with Crippen LogP contribution in [0.25, 0.3) is 16.8 Å². The Balaban J connectivity index is 1.77. The average molecular weight is 351 g/mol. The molecule has 1 atom stereocenters. The lowest BCUT2D eigenvalue weighted by atomic mass is 9.97. The number of nitrogens with zero attached hydrogens (tertiary/aromatic N) is 1. The van der Waals surface area contributed by atoms with Gasteiger partial charge in [-0.25, -0.2) is 4.99 Å². The van der Waals surface area contributed by atoms with Crippen LogP contribution < -0.4 is 5.32 Å². The predicted molar refractivity (Wildman–Crippen MR) is 105 cm³/mol. The molecule has 0 saturated heterocycles. The Bertz CT molecular complexity index is 1010. The maximum Gasteiger partial charge on any atom is 0.196 e. The minimum Gasteiger partial charge on any atom is -0.350 e. The van der Waals surface area contributed by atoms with Crippen LogP contribution in [-0.2, 0) is 6.42 Å². The van der Waals surface area contributed by atoms with Gasteiger partial charge in [-0.3, -0.25) is 0 Å². The van der Waals surface area contributed by atoms with Crippen LogP contribution in [0.3, 0.4) is 0 Å². The summed E-state index contributed by atoms with van der Waals surface area (Å²) in [6, 6.07) is 14.8. The number of hydrogen-bond acceptors (Lipinski definition) is 3. The normalized spacial score (nSPS) is 18.7. The van der Waals surface area contributed by atoms with Crippen molar-refractivity contribution in [3.8, 4) is 0 Å². The van der Waals surface area contributed by atoms with Crippen LogP contribution in [0.4, 0.5) is 5.69 Å². The number of benzene rings is 2. The van der Waals surface area contributed by atoms with Gasteiger partial charge < -0.3 is 5.32 Å². The highest BCUT2D eigenvalue weighted by atomic mass is 35.5. The van der Waals surface area contributed by atoms with Crippen molar-refractivity contribution in [3.05, 3.63) is 69.4 Å². The summed E-state index contributed by atoms with van der Waals surface area (Å²) in [5.74, 6) is 0. The molecule has 1 aromatic heterocycles. The van der Waals surface area contributed by atoms with Crippen molar-refractivity contribution in [2.45, 2.75) is 18.5 Å². The van der Waals surface area contributed by atoms with Gasteiger partial charge in [0.2, 0.25) is 0 Å². The van der Waals surface area contributed by atoms with Gasteiger partial charge in [0.15, 0.2) is 5.62 Å². The van der Waals surface area contributed by atoms with Gasteiger partial charge in [0.25, 0.3) is 0 Å². The molecule has 1 N–H and O–H groups in total. The molecular weight excluding hydrogens is 336 g/mol. The topological polar surface area (TPSA) is 24.4 Å². The summed E-state index contributed by atoms with van der Waals surface area (Å²) in [6.45, 7) is 0. The molecule has 2 aliphatic rings. The van der Waals surface area contributed by atoms with Crippen LogP contribution in [-0.4, -0.2) is 11.3 Å². The van der Waals surface area contributed by atoms with Crippen LogP contribution >= 0.6 is 22.9 Å². The highest BCUT2D eigenvalue weighted by Gasteiger charge is 2.28. The highest BCUT2D eigenvalue weighted by molar-refractivity contribution is 7.15. The van der Waals surface area contributed by atoms with Crippen molar-refractivity contribution in [2.75, 3.05) is 5.32 Å². The van der Waals surface area contributed by atoms with Crippen molar-refractivity contribution >= 4 is 51.2 Å². The SMILES string of the molecule is ClC1N=C(c2cccc3ccccc23)c2sc3c(c2N1)C=CCC3. The molecule has 3 aromatic rings. The van der Waals surface area contributed by atoms with Crippen molar-refractivity contribution in [1.82, 2.24) is 0 Å². The summed E-state index contributed by atoms with van der Waals surface area (Å²) in [4.78, 5) is 7.38. The standard InChI is InChI=1S/C20H15ClN2S/c21-20-22-17(14-10-5-7-12-6-1-2-8-13(12)14)19-18(23-20)15-9-3-4-11-16(15)24-19/h1-3,5-10,20,23H,4,11H2. The molecule has 0 bridgehead atoms. The number of allylic oxidation sites excluding steroid dienone is 1. The Kier molecular flexibility index (Phi) is 3.25. The van der Waals surface area contributed by atoms with Crippen LogP contribution in [0.5, 0.6) is 0 Å². The van der Waals surface area contributed by atoms with E-state index in [4.69, 9.17) is 16.6 Å². The third-order valence-electron chi connectivity index (χ3n) is 4.61. The van der Waals surface area contributed by atoms with Gasteiger partial charge in [0.1, 0.15) is 0 Å². The molecule has 4 heteroatoms. The van der Waals surface area contributed by atoms with Gasteiger partial charge in [-0.1, -0.05) is 66.2 Å². The Morgan fingerprint density at radius 1 is 1.12 bits per heavy atom. The first-order valence-electron chi connectivity index (χ1n) is 8.10. The van der Waals surface area contributed by atoms with Gasteiger partial charge >= 0.3 is 0 Å². The smallest absolute Gasteiger partial charge is 0.196 e. The number of hydrogen-bond donors (Lipinski definition) is 1. The Hall–Kier alpha value is -2.10. The van der Waals surface area contributed by atoms with Crippen molar-refractivity contribution in [3.63, 3.8) is 0 Å². The van der Waals surface area contributed by atoms with Crippen molar-refractivity contribution in [1.29, 1.82) is 0 Å². The van der Waals surface area contributed by atoms with Gasteiger partial charge in [-0.05, 0) is 23.6 Å². The number of anilines is 1. The summed E-state index contributed by atoms with van der Waals surface area (Å²) in [5, 5.41) is 5.80. The van der Waals surface area contributed by atoms with Crippen LogP contribution in [0.2, 0.25) is 0 Å². The number of aryl methyl sites for hydroxylation is 1. The second kappa shape index (κ2) is 5.47. The van der Waals surface area contributed by atoms with Crippen LogP contribution in [0, 0.1) is 0 Å². The molecule has 0 amide bonds. The number of aliphatic imine (C=N–C) groups is 1. The third kappa shape index (κ3) is 2.12. The van der Waals surface area contributed by atoms with E-state index in [0.29, 0.717) is 0 Å². The van der Waals surface area contributed by atoms with E-state index in [0.717, 1.165) is 29.8 Å². The zero-order valence-electron chi connectivity index (χ0n) is 12.9. The zero-order valence-corrected chi connectivity index (χ0v) is 14.5. The highest BCUT2D eigenvalue weighted by Crippen LogP contribution is 2.42. The molecule has 24 heavy (non-hydrogen) atoms. The number of thiophene rings is 1. The third-order valence-corrected chi connectivity index (χ3v) is 6.09. The predicted octanol–water partition coefficient (Wildman–Crippen LogP) is 5.65. The number of fused-ring (bicyclic) bond motifs is 4. The molecule has 1 unspecified atom stereocenters. The fraction of sp³-hybridized carbons (Fsp3) is 0.150. The zero-order chi connectivity index (χ0) is 16.1. The molecule has 1 aliphatic carbocycles. The molecule has 0 radical (unpaired) electrons. The van der Waals surface area contributed by atoms with E-state index in [9.17, 15) is 0 Å². The largest absolute Gasteiger partial charge is 0.350 e. The van der Waals surface area contributed by atoms with Crippen LogP contribution in [0.1, 0.15) is 27.3 Å². The summed E-state index contributed by atoms with van der Waals surface area (Å²) in [6.07, 6.45) is 6.67. The average Bonchev–Trinajstić information content (AvgIpc) is 2.99. The Labute approximate surface area is 149 Å². The Morgan fingerprint density at radius 3 is 2.96 bits per heavy atom. The first-order chi connectivity index (χ1) is 11.8. The number of halogens is 1. The summed E-state index contributed by atoms with van der Waals surface area (Å²) >= 11 is 8.27. The number of rotatable bonds is 1. The van der Waals surface area contributed by atoms with Gasteiger partial charge in [0, 0.05) is 16.0 Å².